The molecule has 0 saturated heterocycles. The number of hydrogen-bond acceptors (Lipinski definition) is 2. The molecule has 0 unspecified atom stereocenters. The minimum Gasteiger partial charge on any atom is -0.315 e. The number of hydrogen-bond donors (Lipinski definition) is 2. The molecule has 3 heteroatoms. The van der Waals surface area contributed by atoms with Crippen LogP contribution in [0.5, 0.6) is 0 Å². The molecule has 0 aliphatic carbocycles. The summed E-state index contributed by atoms with van der Waals surface area (Å²) in [6.45, 7) is 6.97. The first kappa shape index (κ1) is 11.3. The van der Waals surface area contributed by atoms with Gasteiger partial charge in [0.2, 0.25) is 0 Å². The molecule has 0 fully saturated rings. The topological polar surface area (TPSA) is 50.4 Å². The average Bonchev–Trinajstić information content (AvgIpc) is 1.86. The van der Waals surface area contributed by atoms with Crippen molar-refractivity contribution >= 4 is 6.34 Å². The highest BCUT2D eigenvalue weighted by molar-refractivity contribution is 5.52. The van der Waals surface area contributed by atoms with Gasteiger partial charge in [-0.3, -0.25) is 4.99 Å². The largest absolute Gasteiger partial charge is 0.315 e. The third kappa shape index (κ3) is 37.1. The van der Waals surface area contributed by atoms with Crippen LogP contribution in [0.4, 0.5) is 0 Å². The SMILES string of the molecule is CCC.CCN=CNN. The Morgan fingerprint density at radius 2 is 1.89 bits per heavy atom. The molecular weight excluding hydrogens is 114 g/mol. The van der Waals surface area contributed by atoms with E-state index in [9.17, 15) is 0 Å². The monoisotopic (exact) mass is 131 g/mol. The summed E-state index contributed by atoms with van der Waals surface area (Å²) in [7, 11) is 0. The van der Waals surface area contributed by atoms with E-state index in [1.54, 1.807) is 0 Å². The Kier molecular flexibility index (Phi) is 19.6. The van der Waals surface area contributed by atoms with E-state index < -0.39 is 0 Å². The smallest absolute Gasteiger partial charge is 0.0963 e. The minimum atomic E-state index is 0.782. The number of nitrogens with two attached hydrogens (primary N) is 1. The van der Waals surface area contributed by atoms with Gasteiger partial charge in [0.25, 0.3) is 0 Å². The molecule has 0 rings (SSSR count). The van der Waals surface area contributed by atoms with Gasteiger partial charge in [-0.2, -0.15) is 0 Å². The van der Waals surface area contributed by atoms with Crippen LogP contribution in [0.15, 0.2) is 4.99 Å². The van der Waals surface area contributed by atoms with Gasteiger partial charge in [-0.25, -0.2) is 5.84 Å². The van der Waals surface area contributed by atoms with Gasteiger partial charge in [0.15, 0.2) is 0 Å². The highest BCUT2D eigenvalue weighted by atomic mass is 15.2. The molecule has 56 valence electrons. The first-order chi connectivity index (χ1) is 4.33. The van der Waals surface area contributed by atoms with Crippen molar-refractivity contribution in [2.24, 2.45) is 10.8 Å². The lowest BCUT2D eigenvalue weighted by Crippen LogP contribution is -2.18. The zero-order valence-electron chi connectivity index (χ0n) is 6.52. The third-order valence-electron chi connectivity index (χ3n) is 0.348. The fourth-order valence-corrected chi connectivity index (χ4v) is 0.144. The average molecular weight is 131 g/mol. The van der Waals surface area contributed by atoms with E-state index >= 15 is 0 Å². The van der Waals surface area contributed by atoms with Gasteiger partial charge >= 0.3 is 0 Å². The van der Waals surface area contributed by atoms with Gasteiger partial charge in [-0.1, -0.05) is 20.3 Å². The number of nitrogens with zero attached hydrogens (tertiary/aromatic N) is 1. The van der Waals surface area contributed by atoms with Gasteiger partial charge < -0.3 is 5.43 Å². The van der Waals surface area contributed by atoms with Crippen LogP contribution in [0.25, 0.3) is 0 Å². The van der Waals surface area contributed by atoms with E-state index in [-0.39, 0.29) is 0 Å². The van der Waals surface area contributed by atoms with Gasteiger partial charge in [0.05, 0.1) is 6.34 Å². The molecule has 0 amide bonds. The maximum atomic E-state index is 4.82. The zero-order chi connectivity index (χ0) is 7.54. The number of nitrogens with one attached hydrogen (secondary N) is 1. The van der Waals surface area contributed by atoms with E-state index in [0.29, 0.717) is 0 Å². The first-order valence-electron chi connectivity index (χ1n) is 3.27. The standard InChI is InChI=1S/C3H9N3.C3H8/c1-2-5-3-6-4;1-3-2/h3H,2,4H2,1H3,(H,5,6);3H2,1-2H3. The van der Waals surface area contributed by atoms with Crippen molar-refractivity contribution in [1.29, 1.82) is 0 Å². The first-order valence-corrected chi connectivity index (χ1v) is 3.27. The Morgan fingerprint density at radius 3 is 2.00 bits per heavy atom. The summed E-state index contributed by atoms with van der Waals surface area (Å²) >= 11 is 0. The van der Waals surface area contributed by atoms with Crippen molar-refractivity contribution in [1.82, 2.24) is 5.43 Å². The molecular formula is C6H17N3. The number of hydrazine groups is 1. The van der Waals surface area contributed by atoms with Gasteiger partial charge in [0.1, 0.15) is 0 Å². The maximum Gasteiger partial charge on any atom is 0.0963 e. The lowest BCUT2D eigenvalue weighted by atomic mass is 10.6. The van der Waals surface area contributed by atoms with Crippen molar-refractivity contribution in [3.05, 3.63) is 0 Å². The summed E-state index contributed by atoms with van der Waals surface area (Å²) in [5.74, 6) is 4.82. The maximum absolute atomic E-state index is 4.82. The van der Waals surface area contributed by atoms with E-state index in [2.05, 4.69) is 24.3 Å². The zero-order valence-corrected chi connectivity index (χ0v) is 6.52. The molecule has 3 nitrogen and oxygen atoms in total. The van der Waals surface area contributed by atoms with Gasteiger partial charge in [-0.05, 0) is 6.92 Å². The molecule has 0 radical (unpaired) electrons. The predicted molar refractivity (Wildman–Crippen MR) is 42.3 cm³/mol. The molecule has 9 heavy (non-hydrogen) atoms. The van der Waals surface area contributed by atoms with E-state index in [4.69, 9.17) is 5.84 Å². The Balaban J connectivity index is 0. The Morgan fingerprint density at radius 1 is 1.44 bits per heavy atom. The second kappa shape index (κ2) is 15.7. The number of aliphatic imine (C=N–C) groups is 1. The quantitative estimate of drug-likeness (QED) is 0.253. The van der Waals surface area contributed by atoms with Crippen LogP contribution in [0, 0.1) is 0 Å². The molecule has 0 spiro atoms. The molecule has 0 bridgehead atoms. The van der Waals surface area contributed by atoms with Crippen LogP contribution in [0.1, 0.15) is 27.2 Å². The number of rotatable bonds is 2. The fourth-order valence-electron chi connectivity index (χ4n) is 0.144. The molecule has 0 aromatic heterocycles. The van der Waals surface area contributed by atoms with Crippen molar-refractivity contribution in [3.8, 4) is 0 Å². The molecule has 0 aromatic carbocycles. The second-order valence-corrected chi connectivity index (χ2v) is 1.50. The molecule has 3 N–H and O–H groups in total. The summed E-state index contributed by atoms with van der Waals surface area (Å²) in [4.78, 5) is 3.73. The van der Waals surface area contributed by atoms with Crippen LogP contribution >= 0.6 is 0 Å². The molecule has 0 aromatic rings. The highest BCUT2D eigenvalue weighted by Gasteiger charge is 1.56. The normalized spacial score (nSPS) is 8.44. The highest BCUT2D eigenvalue weighted by Crippen LogP contribution is 1.56. The van der Waals surface area contributed by atoms with Crippen molar-refractivity contribution in [2.75, 3.05) is 6.54 Å². The van der Waals surface area contributed by atoms with Crippen molar-refractivity contribution in [2.45, 2.75) is 27.2 Å². The summed E-state index contributed by atoms with van der Waals surface area (Å²) in [6, 6.07) is 0. The van der Waals surface area contributed by atoms with Crippen molar-refractivity contribution in [3.63, 3.8) is 0 Å². The van der Waals surface area contributed by atoms with Gasteiger partial charge in [0, 0.05) is 6.54 Å². The van der Waals surface area contributed by atoms with Crippen LogP contribution in [0.3, 0.4) is 0 Å². The van der Waals surface area contributed by atoms with E-state index in [1.165, 1.54) is 12.8 Å². The minimum absolute atomic E-state index is 0.782. The molecule has 0 saturated carbocycles. The summed E-state index contributed by atoms with van der Waals surface area (Å²) in [5.41, 5.74) is 2.28. The van der Waals surface area contributed by atoms with Crippen LogP contribution in [-0.2, 0) is 0 Å². The van der Waals surface area contributed by atoms with Crippen LogP contribution in [0.2, 0.25) is 0 Å². The molecule has 0 heterocycles. The van der Waals surface area contributed by atoms with Crippen molar-refractivity contribution < 1.29 is 0 Å². The Hall–Kier alpha value is -0.570. The summed E-state index contributed by atoms with van der Waals surface area (Å²) < 4.78 is 0. The Bertz CT molecular complexity index is 46.3. The molecule has 0 aliphatic rings. The van der Waals surface area contributed by atoms with E-state index in [0.717, 1.165) is 6.54 Å². The molecule has 0 atom stereocenters. The third-order valence-corrected chi connectivity index (χ3v) is 0.348. The predicted octanol–water partition coefficient (Wildman–Crippen LogP) is 0.914. The van der Waals surface area contributed by atoms with Gasteiger partial charge in [-0.15, -0.1) is 0 Å². The summed E-state index contributed by atoms with van der Waals surface area (Å²) in [5, 5.41) is 0. The van der Waals surface area contributed by atoms with Crippen LogP contribution < -0.4 is 11.3 Å². The Labute approximate surface area is 57.3 Å². The van der Waals surface area contributed by atoms with Crippen LogP contribution in [-0.4, -0.2) is 12.9 Å². The lowest BCUT2D eigenvalue weighted by Gasteiger charge is -1.79. The fraction of sp³-hybridized carbons (Fsp3) is 0.833. The molecule has 0 aliphatic heterocycles. The second-order valence-electron chi connectivity index (χ2n) is 1.50. The van der Waals surface area contributed by atoms with E-state index in [1.807, 2.05) is 6.92 Å². The lowest BCUT2D eigenvalue weighted by molar-refractivity contribution is 1.02. The summed E-state index contributed by atoms with van der Waals surface area (Å²) in [6.07, 6.45) is 2.71.